The van der Waals surface area contributed by atoms with Gasteiger partial charge in [-0.2, -0.15) is 5.10 Å². The fourth-order valence-corrected chi connectivity index (χ4v) is 3.56. The topological polar surface area (TPSA) is 77.2 Å². The molecule has 28 heavy (non-hydrogen) atoms. The molecule has 0 saturated carbocycles. The van der Waals surface area contributed by atoms with Crippen molar-refractivity contribution in [3.63, 3.8) is 0 Å². The SMILES string of the molecule is Cc1ncccc1-c1cnc(NCc2c(F)ccc3c2CCO3)c2ncnn12. The van der Waals surface area contributed by atoms with Crippen LogP contribution < -0.4 is 10.1 Å². The van der Waals surface area contributed by atoms with Crippen molar-refractivity contribution in [1.82, 2.24) is 24.6 Å². The number of nitrogens with one attached hydrogen (secondary N) is 1. The number of pyridine rings is 1. The van der Waals surface area contributed by atoms with Crippen LogP contribution in [0.4, 0.5) is 10.2 Å². The molecule has 0 saturated heterocycles. The molecule has 1 aliphatic rings. The van der Waals surface area contributed by atoms with Crippen LogP contribution in [0.25, 0.3) is 16.9 Å². The average molecular weight is 376 g/mol. The quantitative estimate of drug-likeness (QED) is 0.589. The Morgan fingerprint density at radius 1 is 1.21 bits per heavy atom. The minimum atomic E-state index is -0.253. The first-order chi connectivity index (χ1) is 13.7. The number of ether oxygens (including phenoxy) is 1. The van der Waals surface area contributed by atoms with Gasteiger partial charge < -0.3 is 10.1 Å². The van der Waals surface area contributed by atoms with Crippen LogP contribution in [-0.2, 0) is 13.0 Å². The number of rotatable bonds is 4. The van der Waals surface area contributed by atoms with Crippen molar-refractivity contribution in [3.8, 4) is 17.0 Å². The molecule has 0 atom stereocenters. The van der Waals surface area contributed by atoms with Crippen LogP contribution in [-0.4, -0.2) is 31.2 Å². The van der Waals surface area contributed by atoms with Gasteiger partial charge in [0.25, 0.3) is 0 Å². The molecular weight excluding hydrogens is 359 g/mol. The molecule has 0 spiro atoms. The van der Waals surface area contributed by atoms with E-state index in [1.54, 1.807) is 23.0 Å². The third kappa shape index (κ3) is 2.65. The molecule has 1 aliphatic heterocycles. The summed E-state index contributed by atoms with van der Waals surface area (Å²) >= 11 is 0. The Kier molecular flexibility index (Phi) is 3.89. The molecule has 1 N–H and O–H groups in total. The highest BCUT2D eigenvalue weighted by Crippen LogP contribution is 2.31. The van der Waals surface area contributed by atoms with Gasteiger partial charge in [-0.25, -0.2) is 18.9 Å². The van der Waals surface area contributed by atoms with Crippen LogP contribution in [0.1, 0.15) is 16.8 Å². The lowest BCUT2D eigenvalue weighted by Crippen LogP contribution is -2.09. The summed E-state index contributed by atoms with van der Waals surface area (Å²) in [5, 5.41) is 7.54. The van der Waals surface area contributed by atoms with Gasteiger partial charge in [-0.3, -0.25) is 4.98 Å². The van der Waals surface area contributed by atoms with Crippen molar-refractivity contribution in [2.24, 2.45) is 0 Å². The molecule has 4 aromatic rings. The third-order valence-electron chi connectivity index (χ3n) is 4.96. The Morgan fingerprint density at radius 3 is 3.04 bits per heavy atom. The molecule has 3 aromatic heterocycles. The van der Waals surface area contributed by atoms with Crippen molar-refractivity contribution >= 4 is 11.5 Å². The number of benzene rings is 1. The molecule has 0 fully saturated rings. The summed E-state index contributed by atoms with van der Waals surface area (Å²) < 4.78 is 21.6. The Balaban J connectivity index is 1.51. The zero-order valence-corrected chi connectivity index (χ0v) is 15.2. The maximum atomic E-state index is 14.4. The van der Waals surface area contributed by atoms with Crippen LogP contribution in [0, 0.1) is 12.7 Å². The first-order valence-corrected chi connectivity index (χ1v) is 9.00. The maximum Gasteiger partial charge on any atom is 0.198 e. The van der Waals surface area contributed by atoms with Gasteiger partial charge in [0, 0.05) is 41.5 Å². The van der Waals surface area contributed by atoms with E-state index < -0.39 is 0 Å². The second kappa shape index (κ2) is 6.56. The van der Waals surface area contributed by atoms with E-state index in [2.05, 4.69) is 25.4 Å². The number of aromatic nitrogens is 5. The summed E-state index contributed by atoms with van der Waals surface area (Å²) in [6, 6.07) is 6.96. The summed E-state index contributed by atoms with van der Waals surface area (Å²) in [4.78, 5) is 13.2. The Morgan fingerprint density at radius 2 is 2.14 bits per heavy atom. The molecule has 8 heteroatoms. The Labute approximate surface area is 160 Å². The molecule has 0 radical (unpaired) electrons. The van der Waals surface area contributed by atoms with Crippen molar-refractivity contribution in [2.75, 3.05) is 11.9 Å². The van der Waals surface area contributed by atoms with E-state index in [-0.39, 0.29) is 5.82 Å². The Bertz CT molecular complexity index is 1190. The summed E-state index contributed by atoms with van der Waals surface area (Å²) in [6.07, 6.45) is 5.66. The Hall–Kier alpha value is -3.55. The van der Waals surface area contributed by atoms with Gasteiger partial charge in [0.1, 0.15) is 17.9 Å². The molecular formula is C20H17FN6O. The summed E-state index contributed by atoms with van der Waals surface area (Å²) in [6.45, 7) is 2.81. The number of nitrogens with zero attached hydrogens (tertiary/aromatic N) is 5. The monoisotopic (exact) mass is 376 g/mol. The van der Waals surface area contributed by atoms with Crippen LogP contribution >= 0.6 is 0 Å². The number of hydrogen-bond donors (Lipinski definition) is 1. The normalized spacial score (nSPS) is 12.8. The van der Waals surface area contributed by atoms with Gasteiger partial charge in [0.15, 0.2) is 11.5 Å². The van der Waals surface area contributed by atoms with Gasteiger partial charge >= 0.3 is 0 Å². The predicted octanol–water partition coefficient (Wildman–Crippen LogP) is 3.18. The number of halogens is 1. The van der Waals surface area contributed by atoms with Crippen LogP contribution in [0.15, 0.2) is 43.0 Å². The van der Waals surface area contributed by atoms with Crippen molar-refractivity contribution in [3.05, 3.63) is 65.6 Å². The van der Waals surface area contributed by atoms with Crippen molar-refractivity contribution in [2.45, 2.75) is 19.9 Å². The fourth-order valence-electron chi connectivity index (χ4n) is 3.56. The highest BCUT2D eigenvalue weighted by atomic mass is 19.1. The van der Waals surface area contributed by atoms with Gasteiger partial charge in [-0.15, -0.1) is 0 Å². The lowest BCUT2D eigenvalue weighted by molar-refractivity contribution is 0.356. The third-order valence-corrected chi connectivity index (χ3v) is 4.96. The van der Waals surface area contributed by atoms with E-state index >= 15 is 0 Å². The van der Waals surface area contributed by atoms with E-state index in [4.69, 9.17) is 4.74 Å². The maximum absolute atomic E-state index is 14.4. The van der Waals surface area contributed by atoms with Crippen LogP contribution in [0.3, 0.4) is 0 Å². The molecule has 4 heterocycles. The fraction of sp³-hybridized carbons (Fsp3) is 0.200. The zero-order chi connectivity index (χ0) is 19.1. The highest BCUT2D eigenvalue weighted by Gasteiger charge is 2.20. The minimum absolute atomic E-state index is 0.253. The molecule has 0 unspecified atom stereocenters. The number of aryl methyl sites for hydroxylation is 1. The second-order valence-electron chi connectivity index (χ2n) is 6.58. The molecule has 0 bridgehead atoms. The van der Waals surface area contributed by atoms with E-state index in [0.29, 0.717) is 36.6 Å². The summed E-state index contributed by atoms with van der Waals surface area (Å²) in [5.41, 5.74) is 4.69. The summed E-state index contributed by atoms with van der Waals surface area (Å²) in [7, 11) is 0. The number of anilines is 1. The molecule has 0 aliphatic carbocycles. The van der Waals surface area contributed by atoms with Gasteiger partial charge in [-0.05, 0) is 31.2 Å². The van der Waals surface area contributed by atoms with Crippen molar-refractivity contribution < 1.29 is 9.13 Å². The van der Waals surface area contributed by atoms with Crippen molar-refractivity contribution in [1.29, 1.82) is 0 Å². The molecule has 140 valence electrons. The molecule has 0 amide bonds. The highest BCUT2D eigenvalue weighted by molar-refractivity contribution is 5.70. The first kappa shape index (κ1) is 16.6. The largest absolute Gasteiger partial charge is 0.493 e. The predicted molar refractivity (Wildman–Crippen MR) is 102 cm³/mol. The zero-order valence-electron chi connectivity index (χ0n) is 15.2. The first-order valence-electron chi connectivity index (χ1n) is 9.00. The average Bonchev–Trinajstić information content (AvgIpc) is 3.37. The van der Waals surface area contributed by atoms with E-state index in [1.807, 2.05) is 19.1 Å². The van der Waals surface area contributed by atoms with Gasteiger partial charge in [-0.1, -0.05) is 0 Å². The number of fused-ring (bicyclic) bond motifs is 2. The minimum Gasteiger partial charge on any atom is -0.493 e. The lowest BCUT2D eigenvalue weighted by atomic mass is 10.0. The number of hydrogen-bond acceptors (Lipinski definition) is 6. The smallest absolute Gasteiger partial charge is 0.198 e. The second-order valence-corrected chi connectivity index (χ2v) is 6.58. The molecule has 7 nitrogen and oxygen atoms in total. The lowest BCUT2D eigenvalue weighted by Gasteiger charge is -2.12. The van der Waals surface area contributed by atoms with E-state index in [1.165, 1.54) is 12.4 Å². The van der Waals surface area contributed by atoms with Gasteiger partial charge in [0.2, 0.25) is 0 Å². The van der Waals surface area contributed by atoms with E-state index in [0.717, 1.165) is 28.3 Å². The van der Waals surface area contributed by atoms with Crippen LogP contribution in [0.2, 0.25) is 0 Å². The molecule has 1 aromatic carbocycles. The van der Waals surface area contributed by atoms with Gasteiger partial charge in [0.05, 0.1) is 18.5 Å². The molecule has 5 rings (SSSR count). The van der Waals surface area contributed by atoms with Crippen LogP contribution in [0.5, 0.6) is 5.75 Å². The van der Waals surface area contributed by atoms with E-state index in [9.17, 15) is 4.39 Å². The summed E-state index contributed by atoms with van der Waals surface area (Å²) in [5.74, 6) is 1.04. The standard InChI is InChI=1S/C20H17FN6O/c1-12-13(3-2-7-22-12)17-10-24-19(20-25-11-26-27(17)20)23-9-15-14-6-8-28-18(14)5-4-16(15)21/h2-5,7,10-11H,6,8-9H2,1H3,(H,23,24).